The molecule has 0 heterocycles. The van der Waals surface area contributed by atoms with E-state index in [2.05, 4.69) is 26.1 Å². The molecule has 1 atom stereocenters. The summed E-state index contributed by atoms with van der Waals surface area (Å²) in [5.74, 6) is 0.130. The molecule has 156 valence electrons. The van der Waals surface area contributed by atoms with E-state index in [0.29, 0.717) is 17.1 Å². The van der Waals surface area contributed by atoms with Crippen LogP contribution in [-0.2, 0) is 20.7 Å². The lowest BCUT2D eigenvalue weighted by Crippen LogP contribution is -2.41. The summed E-state index contributed by atoms with van der Waals surface area (Å²) >= 11 is 0. The second-order valence-corrected chi connectivity index (χ2v) is 8.68. The molecule has 1 amide bonds. The first-order valence-electron chi connectivity index (χ1n) is 9.95. The van der Waals surface area contributed by atoms with Gasteiger partial charge in [0.1, 0.15) is 5.75 Å². The number of aliphatic carboxylic acids is 1. The zero-order valence-corrected chi connectivity index (χ0v) is 17.4. The van der Waals surface area contributed by atoms with Crippen LogP contribution in [0.3, 0.4) is 0 Å². The van der Waals surface area contributed by atoms with E-state index < -0.39 is 12.1 Å². The zero-order chi connectivity index (χ0) is 20.7. The van der Waals surface area contributed by atoms with Crippen molar-refractivity contribution >= 4 is 11.9 Å². The van der Waals surface area contributed by atoms with Gasteiger partial charge in [0.05, 0.1) is 0 Å². The summed E-state index contributed by atoms with van der Waals surface area (Å²) in [5, 5.41) is 12.2. The van der Waals surface area contributed by atoms with E-state index in [9.17, 15) is 9.59 Å². The predicted molar refractivity (Wildman–Crippen MR) is 107 cm³/mol. The van der Waals surface area contributed by atoms with Gasteiger partial charge in [-0.3, -0.25) is 4.79 Å². The van der Waals surface area contributed by atoms with Gasteiger partial charge >= 0.3 is 5.97 Å². The molecule has 0 spiro atoms. The minimum absolute atomic E-state index is 0.0463. The van der Waals surface area contributed by atoms with Crippen LogP contribution < -0.4 is 10.1 Å². The van der Waals surface area contributed by atoms with Crippen LogP contribution in [-0.4, -0.2) is 42.8 Å². The molecular formula is C22H33NO5. The van der Waals surface area contributed by atoms with Gasteiger partial charge in [-0.25, -0.2) is 4.79 Å². The number of carboxylic acid groups (broad SMARTS) is 1. The third-order valence-electron chi connectivity index (χ3n) is 5.57. The molecule has 1 aliphatic carbocycles. The molecule has 28 heavy (non-hydrogen) atoms. The van der Waals surface area contributed by atoms with Crippen molar-refractivity contribution in [3.63, 3.8) is 0 Å². The highest BCUT2D eigenvalue weighted by Crippen LogP contribution is 2.37. The molecule has 1 unspecified atom stereocenters. The van der Waals surface area contributed by atoms with E-state index in [1.54, 1.807) is 18.2 Å². The molecule has 0 aromatic heterocycles. The fourth-order valence-electron chi connectivity index (χ4n) is 3.77. The molecule has 2 rings (SSSR count). The standard InChI is InChI=1S/C22H33NO5/c1-22(2,3)16-8-10-17(11-9-16)23-20(24)14-28-18-7-5-6-15(12-18)13-19(27-4)21(25)26/h5-7,12,16-17,19H,8-11,13-14H2,1-4H3,(H,23,24)(H,25,26). The second-order valence-electron chi connectivity index (χ2n) is 8.68. The monoisotopic (exact) mass is 391 g/mol. The minimum atomic E-state index is -1.01. The summed E-state index contributed by atoms with van der Waals surface area (Å²) in [4.78, 5) is 23.3. The van der Waals surface area contributed by atoms with Crippen molar-refractivity contribution in [1.29, 1.82) is 0 Å². The molecule has 1 aromatic carbocycles. The van der Waals surface area contributed by atoms with Gasteiger partial charge in [0.2, 0.25) is 0 Å². The van der Waals surface area contributed by atoms with Gasteiger partial charge in [-0.1, -0.05) is 32.9 Å². The van der Waals surface area contributed by atoms with Crippen molar-refractivity contribution in [1.82, 2.24) is 5.32 Å². The molecule has 1 saturated carbocycles. The molecule has 1 aliphatic rings. The lowest BCUT2D eigenvalue weighted by atomic mass is 9.71. The Bertz CT molecular complexity index is 659. The average molecular weight is 392 g/mol. The van der Waals surface area contributed by atoms with E-state index >= 15 is 0 Å². The summed E-state index contributed by atoms with van der Waals surface area (Å²) in [5.41, 5.74) is 1.11. The largest absolute Gasteiger partial charge is 0.484 e. The van der Waals surface area contributed by atoms with Crippen molar-refractivity contribution in [2.45, 2.75) is 65.0 Å². The number of amides is 1. The lowest BCUT2D eigenvalue weighted by Gasteiger charge is -2.37. The number of carboxylic acids is 1. The molecule has 0 saturated heterocycles. The maximum absolute atomic E-state index is 12.2. The van der Waals surface area contributed by atoms with Crippen molar-refractivity contribution in [2.24, 2.45) is 11.3 Å². The van der Waals surface area contributed by atoms with Gasteiger partial charge in [0, 0.05) is 19.6 Å². The fraction of sp³-hybridized carbons (Fsp3) is 0.636. The maximum atomic E-state index is 12.2. The van der Waals surface area contributed by atoms with Gasteiger partial charge in [-0.05, 0) is 54.7 Å². The van der Waals surface area contributed by atoms with Gasteiger partial charge in [0.25, 0.3) is 5.91 Å². The first-order valence-corrected chi connectivity index (χ1v) is 9.95. The van der Waals surface area contributed by atoms with Gasteiger partial charge in [-0.15, -0.1) is 0 Å². The highest BCUT2D eigenvalue weighted by molar-refractivity contribution is 5.77. The van der Waals surface area contributed by atoms with E-state index in [1.165, 1.54) is 7.11 Å². The van der Waals surface area contributed by atoms with Crippen LogP contribution in [0.4, 0.5) is 0 Å². The Morgan fingerprint density at radius 2 is 1.89 bits per heavy atom. The number of benzene rings is 1. The minimum Gasteiger partial charge on any atom is -0.484 e. The number of nitrogens with one attached hydrogen (secondary N) is 1. The molecule has 1 aromatic rings. The van der Waals surface area contributed by atoms with Gasteiger partial charge in [0.15, 0.2) is 12.7 Å². The van der Waals surface area contributed by atoms with Crippen LogP contribution in [0.25, 0.3) is 0 Å². The highest BCUT2D eigenvalue weighted by atomic mass is 16.5. The van der Waals surface area contributed by atoms with Crippen molar-refractivity contribution < 1.29 is 24.2 Å². The Morgan fingerprint density at radius 3 is 2.46 bits per heavy atom. The quantitative estimate of drug-likeness (QED) is 0.709. The summed E-state index contributed by atoms with van der Waals surface area (Å²) in [6, 6.07) is 7.32. The van der Waals surface area contributed by atoms with E-state index in [-0.39, 0.29) is 25.0 Å². The number of carbonyl (C=O) groups is 2. The van der Waals surface area contributed by atoms with Crippen molar-refractivity contribution in [3.8, 4) is 5.75 Å². The number of carbonyl (C=O) groups excluding carboxylic acids is 1. The Morgan fingerprint density at radius 1 is 1.21 bits per heavy atom. The Hall–Kier alpha value is -2.08. The molecule has 0 radical (unpaired) electrons. The first kappa shape index (κ1) is 22.2. The normalized spacial score (nSPS) is 21.0. The molecule has 0 bridgehead atoms. The Labute approximate surface area is 167 Å². The van der Waals surface area contributed by atoms with Crippen molar-refractivity contribution in [3.05, 3.63) is 29.8 Å². The number of methoxy groups -OCH3 is 1. The third-order valence-corrected chi connectivity index (χ3v) is 5.57. The second kappa shape index (κ2) is 9.92. The molecule has 2 N–H and O–H groups in total. The lowest BCUT2D eigenvalue weighted by molar-refractivity contribution is -0.148. The van der Waals surface area contributed by atoms with Crippen LogP contribution in [0.1, 0.15) is 52.0 Å². The van der Waals surface area contributed by atoms with E-state index in [4.69, 9.17) is 14.6 Å². The third kappa shape index (κ3) is 6.82. The fourth-order valence-corrected chi connectivity index (χ4v) is 3.77. The van der Waals surface area contributed by atoms with Crippen LogP contribution in [0.15, 0.2) is 24.3 Å². The number of ether oxygens (including phenoxy) is 2. The number of hydrogen-bond donors (Lipinski definition) is 2. The Kier molecular flexibility index (Phi) is 7.87. The van der Waals surface area contributed by atoms with Crippen molar-refractivity contribution in [2.75, 3.05) is 13.7 Å². The van der Waals surface area contributed by atoms with Crippen LogP contribution in [0.5, 0.6) is 5.75 Å². The van der Waals surface area contributed by atoms with Gasteiger partial charge in [-0.2, -0.15) is 0 Å². The first-order chi connectivity index (χ1) is 13.2. The smallest absolute Gasteiger partial charge is 0.333 e. The predicted octanol–water partition coefficient (Wildman–Crippen LogP) is 3.43. The summed E-state index contributed by atoms with van der Waals surface area (Å²) in [6.45, 7) is 6.80. The summed E-state index contributed by atoms with van der Waals surface area (Å²) in [6.07, 6.45) is 3.64. The Balaban J connectivity index is 1.79. The van der Waals surface area contributed by atoms with Crippen LogP contribution in [0.2, 0.25) is 0 Å². The average Bonchev–Trinajstić information content (AvgIpc) is 2.64. The van der Waals surface area contributed by atoms with E-state index in [0.717, 1.165) is 31.2 Å². The SMILES string of the molecule is COC(Cc1cccc(OCC(=O)NC2CCC(C(C)(C)C)CC2)c1)C(=O)O. The zero-order valence-electron chi connectivity index (χ0n) is 17.4. The number of hydrogen-bond acceptors (Lipinski definition) is 4. The maximum Gasteiger partial charge on any atom is 0.333 e. The number of rotatable bonds is 8. The van der Waals surface area contributed by atoms with Crippen LogP contribution in [0, 0.1) is 11.3 Å². The molecule has 6 heteroatoms. The molecule has 1 fully saturated rings. The van der Waals surface area contributed by atoms with E-state index in [1.807, 2.05) is 6.07 Å². The highest BCUT2D eigenvalue weighted by Gasteiger charge is 2.30. The van der Waals surface area contributed by atoms with Gasteiger partial charge < -0.3 is 19.9 Å². The summed E-state index contributed by atoms with van der Waals surface area (Å²) < 4.78 is 10.6. The summed E-state index contributed by atoms with van der Waals surface area (Å²) in [7, 11) is 1.37. The molecular weight excluding hydrogens is 358 g/mol. The topological polar surface area (TPSA) is 84.9 Å². The molecule has 6 nitrogen and oxygen atoms in total. The molecule has 0 aliphatic heterocycles. The van der Waals surface area contributed by atoms with Crippen LogP contribution >= 0.6 is 0 Å².